The third-order valence-corrected chi connectivity index (χ3v) is 4.08. The molecule has 5 nitrogen and oxygen atoms in total. The molecular formula is C18H15Cl2N3O2. The number of methoxy groups -OCH3 is 1. The molecule has 0 saturated heterocycles. The first-order valence-electron chi connectivity index (χ1n) is 7.45. The lowest BCUT2D eigenvalue weighted by molar-refractivity contribution is 0.415. The highest BCUT2D eigenvalue weighted by Crippen LogP contribution is 2.26. The monoisotopic (exact) mass is 375 g/mol. The molecule has 0 atom stereocenters. The van der Waals surface area contributed by atoms with Crippen molar-refractivity contribution in [3.63, 3.8) is 0 Å². The van der Waals surface area contributed by atoms with E-state index in [1.54, 1.807) is 32.2 Å². The van der Waals surface area contributed by atoms with Crippen molar-refractivity contribution in [1.82, 2.24) is 9.97 Å². The largest absolute Gasteiger partial charge is 0.497 e. The van der Waals surface area contributed by atoms with Crippen LogP contribution in [0.5, 0.6) is 5.75 Å². The van der Waals surface area contributed by atoms with Crippen LogP contribution in [0, 0.1) is 6.92 Å². The van der Waals surface area contributed by atoms with Crippen molar-refractivity contribution in [2.24, 2.45) is 0 Å². The van der Waals surface area contributed by atoms with E-state index in [9.17, 15) is 4.79 Å². The van der Waals surface area contributed by atoms with Crippen molar-refractivity contribution in [3.8, 4) is 17.0 Å². The minimum atomic E-state index is -0.226. The molecule has 7 heteroatoms. The molecule has 25 heavy (non-hydrogen) atoms. The highest BCUT2D eigenvalue weighted by Gasteiger charge is 2.11. The second-order valence-electron chi connectivity index (χ2n) is 5.40. The standard InChI is InChI=1S/C18H15Cl2N3O2/c1-10-16(11-3-5-15(25-2)6-4-11)22-18(23-17(10)24)21-14-8-12(19)7-13(20)9-14/h3-9H,1-2H3,(H2,21,22,23,24). The first kappa shape index (κ1) is 17.3. The van der Waals surface area contributed by atoms with Crippen molar-refractivity contribution < 1.29 is 4.74 Å². The zero-order chi connectivity index (χ0) is 18.0. The number of hydrogen-bond donors (Lipinski definition) is 2. The number of halogens is 2. The molecule has 3 rings (SSSR count). The van der Waals surface area contributed by atoms with Crippen LogP contribution < -0.4 is 15.6 Å². The van der Waals surface area contributed by atoms with Gasteiger partial charge in [-0.25, -0.2) is 4.98 Å². The topological polar surface area (TPSA) is 67.0 Å². The van der Waals surface area contributed by atoms with Crippen LogP contribution in [0.1, 0.15) is 5.56 Å². The van der Waals surface area contributed by atoms with E-state index in [1.807, 2.05) is 24.3 Å². The third-order valence-electron chi connectivity index (χ3n) is 3.64. The smallest absolute Gasteiger partial charge is 0.255 e. The molecule has 0 aliphatic carbocycles. The molecule has 0 radical (unpaired) electrons. The predicted octanol–water partition coefficient (Wildman–Crippen LogP) is 4.80. The Balaban J connectivity index is 2.01. The zero-order valence-electron chi connectivity index (χ0n) is 13.6. The van der Waals surface area contributed by atoms with Crippen molar-refractivity contribution in [1.29, 1.82) is 0 Å². The van der Waals surface area contributed by atoms with E-state index in [-0.39, 0.29) is 5.56 Å². The Morgan fingerprint density at radius 3 is 2.32 bits per heavy atom. The summed E-state index contributed by atoms with van der Waals surface area (Å²) in [5.41, 5.74) is 2.33. The Kier molecular flexibility index (Phi) is 4.97. The van der Waals surface area contributed by atoms with Crippen molar-refractivity contribution in [2.45, 2.75) is 6.92 Å². The number of ether oxygens (including phenoxy) is 1. The van der Waals surface area contributed by atoms with Gasteiger partial charge in [0.2, 0.25) is 5.95 Å². The summed E-state index contributed by atoms with van der Waals surface area (Å²) in [6.07, 6.45) is 0. The normalized spacial score (nSPS) is 10.6. The summed E-state index contributed by atoms with van der Waals surface area (Å²) < 4.78 is 5.16. The fourth-order valence-corrected chi connectivity index (χ4v) is 2.91. The maximum Gasteiger partial charge on any atom is 0.255 e. The van der Waals surface area contributed by atoms with E-state index < -0.39 is 0 Å². The lowest BCUT2D eigenvalue weighted by Crippen LogP contribution is -2.15. The van der Waals surface area contributed by atoms with Crippen molar-refractivity contribution in [2.75, 3.05) is 12.4 Å². The number of aromatic nitrogens is 2. The van der Waals surface area contributed by atoms with E-state index in [2.05, 4.69) is 15.3 Å². The molecule has 128 valence electrons. The predicted molar refractivity (Wildman–Crippen MR) is 101 cm³/mol. The molecule has 2 N–H and O–H groups in total. The van der Waals surface area contributed by atoms with Gasteiger partial charge >= 0.3 is 0 Å². The lowest BCUT2D eigenvalue weighted by Gasteiger charge is -2.11. The number of H-pyrrole nitrogens is 1. The van der Waals surface area contributed by atoms with Gasteiger partial charge in [-0.15, -0.1) is 0 Å². The number of nitrogens with zero attached hydrogens (tertiary/aromatic N) is 1. The van der Waals surface area contributed by atoms with Crippen LogP contribution in [0.3, 0.4) is 0 Å². The van der Waals surface area contributed by atoms with Gasteiger partial charge in [0.1, 0.15) is 5.75 Å². The van der Waals surface area contributed by atoms with Gasteiger partial charge in [0.25, 0.3) is 5.56 Å². The van der Waals surface area contributed by atoms with Crippen molar-refractivity contribution in [3.05, 3.63) is 68.4 Å². The Labute approximate surface area is 154 Å². The van der Waals surface area contributed by atoms with Crippen LogP contribution in [0.2, 0.25) is 10.0 Å². The summed E-state index contributed by atoms with van der Waals surface area (Å²) in [4.78, 5) is 19.5. The van der Waals surface area contributed by atoms with Crippen LogP contribution in [0.25, 0.3) is 11.3 Å². The summed E-state index contributed by atoms with van der Waals surface area (Å²) >= 11 is 12.0. The summed E-state index contributed by atoms with van der Waals surface area (Å²) in [7, 11) is 1.60. The zero-order valence-corrected chi connectivity index (χ0v) is 15.1. The number of benzene rings is 2. The Hall–Kier alpha value is -2.50. The fourth-order valence-electron chi connectivity index (χ4n) is 2.38. The molecule has 1 heterocycles. The molecule has 1 aromatic heterocycles. The van der Waals surface area contributed by atoms with Gasteiger partial charge in [0.05, 0.1) is 12.8 Å². The van der Waals surface area contributed by atoms with Gasteiger partial charge in [0, 0.05) is 26.9 Å². The molecule has 0 saturated carbocycles. The summed E-state index contributed by atoms with van der Waals surface area (Å²) in [6, 6.07) is 12.4. The van der Waals surface area contributed by atoms with E-state index in [4.69, 9.17) is 27.9 Å². The Morgan fingerprint density at radius 1 is 1.08 bits per heavy atom. The SMILES string of the molecule is COc1ccc(-c2nc(Nc3cc(Cl)cc(Cl)c3)[nH]c(=O)c2C)cc1. The molecule has 3 aromatic rings. The summed E-state index contributed by atoms with van der Waals surface area (Å²) in [6.45, 7) is 1.73. The number of hydrogen-bond acceptors (Lipinski definition) is 4. The van der Waals surface area contributed by atoms with Gasteiger partial charge in [0.15, 0.2) is 0 Å². The molecule has 0 aliphatic rings. The minimum absolute atomic E-state index is 0.226. The van der Waals surface area contributed by atoms with E-state index >= 15 is 0 Å². The molecule has 0 aliphatic heterocycles. The second kappa shape index (κ2) is 7.17. The summed E-state index contributed by atoms with van der Waals surface area (Å²) in [5.74, 6) is 1.04. The Morgan fingerprint density at radius 2 is 1.72 bits per heavy atom. The second-order valence-corrected chi connectivity index (χ2v) is 6.27. The van der Waals surface area contributed by atoms with Crippen LogP contribution >= 0.6 is 23.2 Å². The number of anilines is 2. The molecule has 0 unspecified atom stereocenters. The maximum absolute atomic E-state index is 12.3. The van der Waals surface area contributed by atoms with Crippen LogP contribution in [-0.4, -0.2) is 17.1 Å². The highest BCUT2D eigenvalue weighted by molar-refractivity contribution is 6.35. The lowest BCUT2D eigenvalue weighted by atomic mass is 10.1. The average Bonchev–Trinajstić information content (AvgIpc) is 2.57. The van der Waals surface area contributed by atoms with Gasteiger partial charge < -0.3 is 10.1 Å². The molecular weight excluding hydrogens is 361 g/mol. The van der Waals surface area contributed by atoms with Gasteiger partial charge in [-0.2, -0.15) is 0 Å². The van der Waals surface area contributed by atoms with E-state index in [0.717, 1.165) is 11.3 Å². The summed E-state index contributed by atoms with van der Waals surface area (Å²) in [5, 5.41) is 4.00. The third kappa shape index (κ3) is 3.95. The molecule has 0 bridgehead atoms. The first-order valence-corrected chi connectivity index (χ1v) is 8.20. The number of aromatic amines is 1. The van der Waals surface area contributed by atoms with Crippen LogP contribution in [-0.2, 0) is 0 Å². The van der Waals surface area contributed by atoms with E-state index in [0.29, 0.717) is 32.9 Å². The van der Waals surface area contributed by atoms with E-state index in [1.165, 1.54) is 0 Å². The average molecular weight is 376 g/mol. The molecule has 0 fully saturated rings. The quantitative estimate of drug-likeness (QED) is 0.686. The minimum Gasteiger partial charge on any atom is -0.497 e. The Bertz CT molecular complexity index is 949. The van der Waals surface area contributed by atoms with Crippen molar-refractivity contribution >= 4 is 34.8 Å². The maximum atomic E-state index is 12.3. The first-order chi connectivity index (χ1) is 12.0. The van der Waals surface area contributed by atoms with Crippen LogP contribution in [0.4, 0.5) is 11.6 Å². The molecule has 0 spiro atoms. The van der Waals surface area contributed by atoms with Gasteiger partial charge in [-0.3, -0.25) is 9.78 Å². The van der Waals surface area contributed by atoms with Gasteiger partial charge in [-0.1, -0.05) is 23.2 Å². The van der Waals surface area contributed by atoms with Crippen LogP contribution in [0.15, 0.2) is 47.3 Å². The number of rotatable bonds is 4. The fraction of sp³-hybridized carbons (Fsp3) is 0.111. The van der Waals surface area contributed by atoms with Gasteiger partial charge in [-0.05, 0) is 49.4 Å². The molecule has 2 aromatic carbocycles. The highest BCUT2D eigenvalue weighted by atomic mass is 35.5. The molecule has 0 amide bonds. The number of nitrogens with one attached hydrogen (secondary N) is 2.